The Morgan fingerprint density at radius 1 is 1.37 bits per heavy atom. The molecule has 2 aromatic rings. The second-order valence-corrected chi connectivity index (χ2v) is 6.27. The van der Waals surface area contributed by atoms with Gasteiger partial charge in [0.25, 0.3) is 5.91 Å². The number of halogens is 3. The lowest BCUT2D eigenvalue weighted by Gasteiger charge is -2.36. The van der Waals surface area contributed by atoms with Crippen molar-refractivity contribution in [1.82, 2.24) is 9.88 Å². The van der Waals surface area contributed by atoms with Crippen LogP contribution in [0.2, 0.25) is 5.02 Å². The third-order valence-corrected chi connectivity index (χ3v) is 4.02. The predicted molar refractivity (Wildman–Crippen MR) is 102 cm³/mol. The summed E-state index contributed by atoms with van der Waals surface area (Å²) < 4.78 is 113. The Balaban J connectivity index is 2.10. The van der Waals surface area contributed by atoms with E-state index in [1.807, 2.05) is 0 Å². The van der Waals surface area contributed by atoms with Gasteiger partial charge in [0.15, 0.2) is 0 Å². The van der Waals surface area contributed by atoms with Crippen molar-refractivity contribution in [3.8, 4) is 0 Å². The first-order chi connectivity index (χ1) is 16.7. The Morgan fingerprint density at radius 3 is 2.74 bits per heavy atom. The molecule has 0 bridgehead atoms. The first kappa shape index (κ1) is 10.5. The van der Waals surface area contributed by atoms with Crippen molar-refractivity contribution in [2.24, 2.45) is 0 Å². The van der Waals surface area contributed by atoms with Crippen LogP contribution in [0.5, 0.6) is 0 Å². The lowest BCUT2D eigenvalue weighted by molar-refractivity contribution is 0.0389. The third-order valence-electron chi connectivity index (χ3n) is 3.73. The molecule has 1 aliphatic rings. The molecule has 2 atom stereocenters. The van der Waals surface area contributed by atoms with Gasteiger partial charge in [-0.25, -0.2) is 8.78 Å². The summed E-state index contributed by atoms with van der Waals surface area (Å²) in [5.74, 6) is -2.57. The summed E-state index contributed by atoms with van der Waals surface area (Å²) in [6, 6.07) is 5.27. The monoisotopic (exact) mass is 402 g/mol. The van der Waals surface area contributed by atoms with Crippen LogP contribution < -0.4 is 0 Å². The number of nitrogens with zero attached hydrogens (tertiary/aromatic N) is 2. The SMILES string of the molecule is [2H]C(CC([2H])C1(F)C([2H])([2H])C([2H])([2H])N(C(=O)c2ccc(F)c(Cl)c2)C([2H])([2H])C1([2H])[2H])c1ccc(C)cn1. The molecule has 2 heterocycles. The molecule has 0 radical (unpaired) electrons. The lowest BCUT2D eigenvalue weighted by Crippen LogP contribution is -2.44. The zero-order chi connectivity index (χ0) is 28.4. The number of benzene rings is 1. The average molecular weight is 403 g/mol. The van der Waals surface area contributed by atoms with Crippen LogP contribution in [0.1, 0.15) is 60.9 Å². The van der Waals surface area contributed by atoms with E-state index in [1.165, 1.54) is 12.3 Å². The molecule has 1 aromatic carbocycles. The van der Waals surface area contributed by atoms with Crippen LogP contribution in [0.4, 0.5) is 8.78 Å². The van der Waals surface area contributed by atoms with Crippen LogP contribution in [-0.2, 0) is 6.40 Å². The van der Waals surface area contributed by atoms with Crippen molar-refractivity contribution >= 4 is 17.5 Å². The van der Waals surface area contributed by atoms with Gasteiger partial charge in [0.1, 0.15) is 11.5 Å². The van der Waals surface area contributed by atoms with E-state index in [-0.39, 0.29) is 5.69 Å². The number of carbonyl (C=O) groups excluding carboxylic acids is 1. The van der Waals surface area contributed by atoms with Gasteiger partial charge in [-0.2, -0.15) is 0 Å². The average Bonchev–Trinajstić information content (AvgIpc) is 2.79. The summed E-state index contributed by atoms with van der Waals surface area (Å²) in [5.41, 5.74) is -3.97. The van der Waals surface area contributed by atoms with Crippen LogP contribution in [0, 0.1) is 12.7 Å². The maximum atomic E-state index is 16.7. The van der Waals surface area contributed by atoms with Crippen molar-refractivity contribution < 1.29 is 27.3 Å². The number of hydrogen-bond donors (Lipinski definition) is 0. The number of likely N-dealkylation sites (tertiary alicyclic amines) is 1. The molecule has 2 unspecified atom stereocenters. The summed E-state index contributed by atoms with van der Waals surface area (Å²) in [7, 11) is 0. The number of amides is 1. The minimum Gasteiger partial charge on any atom is -0.338 e. The minimum atomic E-state index is -4.19. The molecule has 6 heteroatoms. The molecule has 1 aliphatic heterocycles. The summed E-state index contributed by atoms with van der Waals surface area (Å²) in [5, 5.41) is -0.590. The second-order valence-electron chi connectivity index (χ2n) is 5.86. The smallest absolute Gasteiger partial charge is 0.253 e. The molecule has 1 amide bonds. The Kier molecular flexibility index (Phi) is 3.25. The molecule has 0 N–H and O–H groups in total. The summed E-state index contributed by atoms with van der Waals surface area (Å²) in [4.78, 5) is 16.7. The van der Waals surface area contributed by atoms with Gasteiger partial charge < -0.3 is 4.90 Å². The number of rotatable bonds is 5. The van der Waals surface area contributed by atoms with Gasteiger partial charge in [0.05, 0.1) is 5.02 Å². The predicted octanol–water partition coefficient (Wildman–Crippen LogP) is 5.15. The fourth-order valence-electron chi connectivity index (χ4n) is 2.24. The van der Waals surface area contributed by atoms with Crippen molar-refractivity contribution in [3.05, 3.63) is 64.2 Å². The molecular formula is C21H23ClF2N2O. The van der Waals surface area contributed by atoms with Crippen LogP contribution in [-0.4, -0.2) is 34.5 Å². The number of alkyl halides is 1. The van der Waals surface area contributed by atoms with Crippen molar-refractivity contribution in [2.75, 3.05) is 13.0 Å². The van der Waals surface area contributed by atoms with E-state index in [0.29, 0.717) is 0 Å². The molecule has 0 spiro atoms. The van der Waals surface area contributed by atoms with E-state index in [1.54, 1.807) is 13.0 Å². The highest BCUT2D eigenvalue weighted by atomic mass is 35.5. The molecule has 0 aliphatic carbocycles. The normalized spacial score (nSPS) is 31.6. The Morgan fingerprint density at radius 2 is 2.11 bits per heavy atom. The van der Waals surface area contributed by atoms with Crippen molar-refractivity contribution in [2.45, 2.75) is 44.6 Å². The molecule has 3 nitrogen and oxygen atoms in total. The van der Waals surface area contributed by atoms with Gasteiger partial charge in [-0.1, -0.05) is 17.7 Å². The van der Waals surface area contributed by atoms with Crippen LogP contribution in [0.3, 0.4) is 0 Å². The standard InChI is InChI=1S/C21H23ClF2N2O/c1-15-4-6-17(25-14-15)3-2-8-21(24)9-11-26(12-10-21)20(27)16-5-7-19(23)18(22)13-16/h4-7,13-14H,2-3,8-12H2,1H3/i3D,8D,9D2,10D2,11D2,12D2. The fraction of sp³-hybridized carbons (Fsp3) is 0.429. The minimum absolute atomic E-state index is 0.0689. The van der Waals surface area contributed by atoms with E-state index in [0.717, 1.165) is 23.8 Å². The molecule has 27 heavy (non-hydrogen) atoms. The third kappa shape index (κ3) is 5.04. The Labute approximate surface area is 177 Å². The number of aromatic nitrogens is 1. The quantitative estimate of drug-likeness (QED) is 0.692. The molecule has 3 rings (SSSR count). The van der Waals surface area contributed by atoms with E-state index < -0.39 is 77.8 Å². The molecule has 0 saturated carbocycles. The molecule has 144 valence electrons. The molecular weight excluding hydrogens is 370 g/mol. The first-order valence-electron chi connectivity index (χ1n) is 13.2. The van der Waals surface area contributed by atoms with Crippen LogP contribution in [0.25, 0.3) is 0 Å². The maximum Gasteiger partial charge on any atom is 0.253 e. The van der Waals surface area contributed by atoms with Crippen molar-refractivity contribution in [3.63, 3.8) is 0 Å². The van der Waals surface area contributed by atoms with Crippen molar-refractivity contribution in [1.29, 1.82) is 0 Å². The zero-order valence-corrected chi connectivity index (χ0v) is 15.0. The van der Waals surface area contributed by atoms with E-state index in [2.05, 4.69) is 4.98 Å². The fourth-order valence-corrected chi connectivity index (χ4v) is 2.42. The van der Waals surface area contributed by atoms with Gasteiger partial charge >= 0.3 is 0 Å². The molecule has 1 fully saturated rings. The van der Waals surface area contributed by atoms with Gasteiger partial charge in [-0.15, -0.1) is 0 Å². The van der Waals surface area contributed by atoms with Gasteiger partial charge in [-0.05, 0) is 68.7 Å². The Hall–Kier alpha value is -2.01. The summed E-state index contributed by atoms with van der Waals surface area (Å²) in [6.07, 6.45) is -11.4. The second kappa shape index (κ2) is 8.34. The highest BCUT2D eigenvalue weighted by Crippen LogP contribution is 2.32. The number of hydrogen-bond acceptors (Lipinski definition) is 2. The Bertz CT molecular complexity index is 1170. The van der Waals surface area contributed by atoms with Crippen LogP contribution >= 0.6 is 11.6 Å². The molecule has 1 saturated heterocycles. The number of piperidine rings is 1. The number of pyridine rings is 1. The largest absolute Gasteiger partial charge is 0.338 e. The van der Waals surface area contributed by atoms with Gasteiger partial charge in [-0.3, -0.25) is 9.78 Å². The highest BCUT2D eigenvalue weighted by molar-refractivity contribution is 6.31. The zero-order valence-electron chi connectivity index (χ0n) is 24.3. The van der Waals surface area contributed by atoms with Gasteiger partial charge in [0, 0.05) is 44.2 Å². The summed E-state index contributed by atoms with van der Waals surface area (Å²) in [6.45, 7) is -5.98. The lowest BCUT2D eigenvalue weighted by atomic mass is 9.87. The maximum absolute atomic E-state index is 16.7. The van der Waals surface area contributed by atoms with E-state index in [4.69, 9.17) is 25.3 Å². The summed E-state index contributed by atoms with van der Waals surface area (Å²) >= 11 is 5.66. The highest BCUT2D eigenvalue weighted by Gasteiger charge is 2.35. The number of carbonyl (C=O) groups is 1. The first-order valence-corrected chi connectivity index (χ1v) is 8.38. The number of aryl methyl sites for hydroxylation is 2. The molecule has 1 aromatic heterocycles. The van der Waals surface area contributed by atoms with Crippen LogP contribution in [0.15, 0.2) is 36.5 Å². The van der Waals surface area contributed by atoms with E-state index in [9.17, 15) is 9.18 Å². The topological polar surface area (TPSA) is 33.2 Å². The van der Waals surface area contributed by atoms with E-state index >= 15 is 4.39 Å². The van der Waals surface area contributed by atoms with Gasteiger partial charge in [0.2, 0.25) is 0 Å².